The maximum absolute atomic E-state index is 9.73. The summed E-state index contributed by atoms with van der Waals surface area (Å²) in [5.74, 6) is 0.129. The summed E-state index contributed by atoms with van der Waals surface area (Å²) in [4.78, 5) is 8.28. The number of aliphatic hydroxyl groups excluding tert-OH is 1. The molecule has 4 heteroatoms. The fourth-order valence-corrected chi connectivity index (χ4v) is 2.49. The van der Waals surface area contributed by atoms with Gasteiger partial charge in [-0.2, -0.15) is 0 Å². The predicted molar refractivity (Wildman–Crippen MR) is 60.7 cm³/mol. The number of aliphatic hydroxyl groups is 1. The molecule has 0 amide bonds. The maximum atomic E-state index is 9.73. The zero-order chi connectivity index (χ0) is 11.1. The van der Waals surface area contributed by atoms with Gasteiger partial charge in [0.2, 0.25) is 0 Å². The largest absolute Gasteiger partial charge is 0.393 e. The van der Waals surface area contributed by atoms with Crippen molar-refractivity contribution in [2.45, 2.75) is 25.0 Å². The molecule has 4 nitrogen and oxygen atoms in total. The van der Waals surface area contributed by atoms with Crippen LogP contribution >= 0.6 is 0 Å². The molecule has 1 saturated carbocycles. The molecule has 0 spiro atoms. The second-order valence-electron chi connectivity index (χ2n) is 4.48. The Kier molecular flexibility index (Phi) is 2.17. The molecule has 0 saturated heterocycles. The molecule has 2 aromatic rings. The number of hydrogen-bond donors (Lipinski definition) is 1. The number of rotatable bonds is 1. The molecule has 0 aromatic carbocycles. The first-order valence-corrected chi connectivity index (χ1v) is 5.53. The molecule has 0 bridgehead atoms. The van der Waals surface area contributed by atoms with Crippen molar-refractivity contribution in [2.75, 3.05) is 0 Å². The normalized spacial score (nSPS) is 30.0. The molecule has 3 atom stereocenters. The average molecular weight is 216 g/mol. The van der Waals surface area contributed by atoms with Gasteiger partial charge in [-0.1, -0.05) is 0 Å². The first-order chi connectivity index (χ1) is 7.75. The maximum Gasteiger partial charge on any atom is 0.143 e. The Balaban J connectivity index is 2.01. The van der Waals surface area contributed by atoms with Gasteiger partial charge in [-0.15, -0.1) is 0 Å². The molecule has 1 N–H and O–H groups in total. The van der Waals surface area contributed by atoms with Gasteiger partial charge in [0.25, 0.3) is 0 Å². The third-order valence-electron chi connectivity index (χ3n) is 3.40. The highest BCUT2D eigenvalue weighted by molar-refractivity contribution is 5.74. The summed E-state index contributed by atoms with van der Waals surface area (Å²) in [6, 6.07) is 2.32. The van der Waals surface area contributed by atoms with Crippen LogP contribution in [0.4, 0.5) is 0 Å². The van der Waals surface area contributed by atoms with Gasteiger partial charge in [-0.05, 0) is 31.7 Å². The van der Waals surface area contributed by atoms with E-state index in [-0.39, 0.29) is 12.0 Å². The third kappa shape index (κ3) is 1.41. The second kappa shape index (κ2) is 3.56. The first-order valence-electron chi connectivity index (χ1n) is 5.53. The molecule has 1 radical (unpaired) electrons. The molecule has 1 aliphatic rings. The topological polar surface area (TPSA) is 50.9 Å². The molecular weight excluding hydrogens is 202 g/mol. The average Bonchev–Trinajstić information content (AvgIpc) is 2.83. The van der Waals surface area contributed by atoms with Gasteiger partial charge in [-0.25, -0.2) is 9.97 Å². The molecule has 0 unspecified atom stereocenters. The molecule has 83 valence electrons. The summed E-state index contributed by atoms with van der Waals surface area (Å²) in [7, 11) is 0. The van der Waals surface area contributed by atoms with Crippen LogP contribution in [0.1, 0.15) is 18.9 Å². The minimum absolute atomic E-state index is 0.129. The Morgan fingerprint density at radius 2 is 2.31 bits per heavy atom. The van der Waals surface area contributed by atoms with E-state index in [0.717, 1.165) is 23.9 Å². The van der Waals surface area contributed by atoms with Crippen LogP contribution in [0.2, 0.25) is 0 Å². The lowest BCUT2D eigenvalue weighted by atomic mass is 10.1. The Hall–Kier alpha value is -1.42. The Labute approximate surface area is 93.9 Å². The lowest BCUT2D eigenvalue weighted by molar-refractivity contribution is 0.149. The van der Waals surface area contributed by atoms with Crippen LogP contribution < -0.4 is 0 Å². The zero-order valence-electron chi connectivity index (χ0n) is 8.95. The summed E-state index contributed by atoms with van der Waals surface area (Å²) < 4.78 is 2.13. The van der Waals surface area contributed by atoms with Gasteiger partial charge in [0.15, 0.2) is 0 Å². The summed E-state index contributed by atoms with van der Waals surface area (Å²) in [6.07, 6.45) is 6.79. The van der Waals surface area contributed by atoms with E-state index < -0.39 is 0 Å². The standard InChI is InChI=1S/C12H14N3O/c1-8-4-10(5-11(8)16)15-3-2-9-6-13-7-14-12(9)15/h2-3,6-8,10-11,16H,1,4-5H2/t8-,10+,11-/m0/s1. The highest BCUT2D eigenvalue weighted by Crippen LogP contribution is 2.35. The summed E-state index contributed by atoms with van der Waals surface area (Å²) in [5, 5.41) is 10.8. The molecule has 1 fully saturated rings. The monoisotopic (exact) mass is 216 g/mol. The molecular formula is C12H14N3O. The highest BCUT2D eigenvalue weighted by atomic mass is 16.3. The van der Waals surface area contributed by atoms with Crippen molar-refractivity contribution in [1.29, 1.82) is 0 Å². The van der Waals surface area contributed by atoms with Crippen molar-refractivity contribution in [3.8, 4) is 0 Å². The van der Waals surface area contributed by atoms with Crippen LogP contribution in [0.5, 0.6) is 0 Å². The third-order valence-corrected chi connectivity index (χ3v) is 3.40. The Morgan fingerprint density at radius 1 is 1.44 bits per heavy atom. The van der Waals surface area contributed by atoms with Crippen molar-refractivity contribution in [1.82, 2.24) is 14.5 Å². The van der Waals surface area contributed by atoms with E-state index in [4.69, 9.17) is 0 Å². The van der Waals surface area contributed by atoms with Gasteiger partial charge in [-0.3, -0.25) is 0 Å². The molecule has 1 aliphatic carbocycles. The summed E-state index contributed by atoms with van der Waals surface area (Å²) in [5.41, 5.74) is 0.946. The van der Waals surface area contributed by atoms with Crippen LogP contribution in [0.15, 0.2) is 24.8 Å². The van der Waals surface area contributed by atoms with Gasteiger partial charge in [0.05, 0.1) is 6.10 Å². The van der Waals surface area contributed by atoms with Crippen molar-refractivity contribution >= 4 is 11.0 Å². The fourth-order valence-electron chi connectivity index (χ4n) is 2.49. The fraction of sp³-hybridized carbons (Fsp3) is 0.417. The van der Waals surface area contributed by atoms with E-state index >= 15 is 0 Å². The first kappa shape index (κ1) is 9.78. The van der Waals surface area contributed by atoms with Gasteiger partial charge in [0, 0.05) is 23.8 Å². The Morgan fingerprint density at radius 3 is 3.06 bits per heavy atom. The van der Waals surface area contributed by atoms with Crippen molar-refractivity contribution in [3.05, 3.63) is 31.7 Å². The lowest BCUT2D eigenvalue weighted by Crippen LogP contribution is -2.09. The van der Waals surface area contributed by atoms with Crippen molar-refractivity contribution < 1.29 is 5.11 Å². The lowest BCUT2D eigenvalue weighted by Gasteiger charge is -2.12. The van der Waals surface area contributed by atoms with Crippen LogP contribution in [0, 0.1) is 12.8 Å². The van der Waals surface area contributed by atoms with Crippen LogP contribution in [-0.2, 0) is 0 Å². The van der Waals surface area contributed by atoms with Gasteiger partial charge >= 0.3 is 0 Å². The summed E-state index contributed by atoms with van der Waals surface area (Å²) in [6.45, 7) is 3.96. The number of nitrogens with zero attached hydrogens (tertiary/aromatic N) is 3. The number of aromatic nitrogens is 3. The zero-order valence-corrected chi connectivity index (χ0v) is 8.95. The second-order valence-corrected chi connectivity index (χ2v) is 4.48. The Bertz CT molecular complexity index is 498. The van der Waals surface area contributed by atoms with Crippen LogP contribution in [0.3, 0.4) is 0 Å². The summed E-state index contributed by atoms with van der Waals surface area (Å²) >= 11 is 0. The van der Waals surface area contributed by atoms with E-state index in [2.05, 4.69) is 21.5 Å². The minimum atomic E-state index is -0.288. The van der Waals surface area contributed by atoms with E-state index in [1.54, 1.807) is 6.33 Å². The molecule has 2 heterocycles. The van der Waals surface area contributed by atoms with E-state index in [1.807, 2.05) is 18.5 Å². The SMILES string of the molecule is [CH2][C@H]1C[C@@H](n2ccc3cncnc32)C[C@@H]1O. The predicted octanol–water partition coefficient (Wildman–Crippen LogP) is 1.58. The smallest absolute Gasteiger partial charge is 0.143 e. The quantitative estimate of drug-likeness (QED) is 0.787. The van der Waals surface area contributed by atoms with Gasteiger partial charge in [0.1, 0.15) is 12.0 Å². The highest BCUT2D eigenvalue weighted by Gasteiger charge is 2.31. The van der Waals surface area contributed by atoms with Crippen LogP contribution in [-0.4, -0.2) is 25.7 Å². The van der Waals surface area contributed by atoms with Crippen LogP contribution in [0.25, 0.3) is 11.0 Å². The molecule has 2 aromatic heterocycles. The number of hydrogen-bond acceptors (Lipinski definition) is 3. The van der Waals surface area contributed by atoms with Crippen molar-refractivity contribution in [2.24, 2.45) is 5.92 Å². The van der Waals surface area contributed by atoms with E-state index in [0.29, 0.717) is 6.04 Å². The minimum Gasteiger partial charge on any atom is -0.393 e. The van der Waals surface area contributed by atoms with E-state index in [9.17, 15) is 5.11 Å². The molecule has 0 aliphatic heterocycles. The molecule has 16 heavy (non-hydrogen) atoms. The van der Waals surface area contributed by atoms with Crippen molar-refractivity contribution in [3.63, 3.8) is 0 Å². The van der Waals surface area contributed by atoms with Gasteiger partial charge < -0.3 is 9.67 Å². The number of fused-ring (bicyclic) bond motifs is 1. The molecule has 3 rings (SSSR count). The van der Waals surface area contributed by atoms with E-state index in [1.165, 1.54) is 0 Å².